The van der Waals surface area contributed by atoms with E-state index in [1.807, 2.05) is 4.72 Å². The van der Waals surface area contributed by atoms with Gasteiger partial charge in [0.15, 0.2) is 0 Å². The van der Waals surface area contributed by atoms with Crippen LogP contribution in [-0.4, -0.2) is 39.4 Å². The average Bonchev–Trinajstić information content (AvgIpc) is 1.84. The summed E-state index contributed by atoms with van der Waals surface area (Å²) in [6.07, 6.45) is 0. The minimum absolute atomic E-state index is 0.113. The highest BCUT2D eigenvalue weighted by Crippen LogP contribution is 1.84. The predicted molar refractivity (Wildman–Crippen MR) is 43.9 cm³/mol. The quantitative estimate of drug-likeness (QED) is 0.564. The molecule has 0 rings (SSSR count). The summed E-state index contributed by atoms with van der Waals surface area (Å²) in [7, 11) is -7.45. The van der Waals surface area contributed by atoms with E-state index in [-0.39, 0.29) is 12.3 Å². The third kappa shape index (κ3) is 6.53. The van der Waals surface area contributed by atoms with Crippen LogP contribution in [-0.2, 0) is 20.1 Å². The topological polar surface area (TPSA) is 101 Å². The van der Waals surface area contributed by atoms with Gasteiger partial charge in [0.2, 0.25) is 10.0 Å². The lowest BCUT2D eigenvalue weighted by Crippen LogP contribution is -2.30. The average molecular weight is 217 g/mol. The fourth-order valence-corrected chi connectivity index (χ4v) is 1.53. The summed E-state index contributed by atoms with van der Waals surface area (Å²) in [6, 6.07) is 0. The summed E-state index contributed by atoms with van der Waals surface area (Å²) in [4.78, 5) is 0. The third-order valence-electron chi connectivity index (χ3n) is 1.06. The Morgan fingerprint density at radius 1 is 1.25 bits per heavy atom. The standard InChI is InChI=1S/C4H11NO5S2/c1-2-11(6,7)5-3-4-12(8,9)10/h5H,2-4H2,1H3,(H,8,9,10). The summed E-state index contributed by atoms with van der Waals surface area (Å²) < 4.78 is 51.9. The first-order chi connectivity index (χ1) is 5.27. The molecule has 0 spiro atoms. The molecule has 0 radical (unpaired) electrons. The molecule has 12 heavy (non-hydrogen) atoms. The first-order valence-electron chi connectivity index (χ1n) is 3.19. The summed E-state index contributed by atoms with van der Waals surface area (Å²) in [5, 5.41) is 0. The van der Waals surface area contributed by atoms with E-state index in [0.29, 0.717) is 0 Å². The zero-order valence-corrected chi connectivity index (χ0v) is 8.15. The van der Waals surface area contributed by atoms with E-state index >= 15 is 0 Å². The second-order valence-electron chi connectivity index (χ2n) is 2.08. The zero-order chi connectivity index (χ0) is 9.83. The SMILES string of the molecule is CCS(=O)(=O)NCCS(=O)(=O)O. The number of hydrogen-bond donors (Lipinski definition) is 2. The second kappa shape index (κ2) is 4.17. The molecule has 0 fully saturated rings. The molecule has 0 aliphatic heterocycles. The Balaban J connectivity index is 3.89. The summed E-state index contributed by atoms with van der Waals surface area (Å²) in [5.74, 6) is -0.718. The van der Waals surface area contributed by atoms with Crippen molar-refractivity contribution in [1.82, 2.24) is 4.72 Å². The lowest BCUT2D eigenvalue weighted by Gasteiger charge is -2.01. The van der Waals surface area contributed by atoms with Gasteiger partial charge in [-0.25, -0.2) is 13.1 Å². The highest BCUT2D eigenvalue weighted by atomic mass is 32.2. The summed E-state index contributed by atoms with van der Waals surface area (Å²) in [5.41, 5.74) is 0. The molecule has 0 bridgehead atoms. The maximum Gasteiger partial charge on any atom is 0.266 e. The van der Waals surface area contributed by atoms with Gasteiger partial charge in [0, 0.05) is 6.54 Å². The van der Waals surface area contributed by atoms with Crippen LogP contribution in [0.1, 0.15) is 6.92 Å². The van der Waals surface area contributed by atoms with Crippen molar-refractivity contribution >= 4 is 20.1 Å². The van der Waals surface area contributed by atoms with E-state index in [9.17, 15) is 16.8 Å². The minimum Gasteiger partial charge on any atom is -0.286 e. The van der Waals surface area contributed by atoms with Crippen LogP contribution >= 0.6 is 0 Å². The van der Waals surface area contributed by atoms with Crippen molar-refractivity contribution < 1.29 is 21.4 Å². The molecule has 8 heteroatoms. The van der Waals surface area contributed by atoms with Gasteiger partial charge in [-0.2, -0.15) is 8.42 Å². The molecular weight excluding hydrogens is 206 g/mol. The van der Waals surface area contributed by atoms with Crippen LogP contribution < -0.4 is 4.72 Å². The van der Waals surface area contributed by atoms with Gasteiger partial charge in [-0.1, -0.05) is 0 Å². The molecule has 0 saturated carbocycles. The van der Waals surface area contributed by atoms with Crippen LogP contribution in [0, 0.1) is 0 Å². The molecular formula is C4H11NO5S2. The largest absolute Gasteiger partial charge is 0.286 e. The van der Waals surface area contributed by atoms with Gasteiger partial charge in [-0.15, -0.1) is 0 Å². The van der Waals surface area contributed by atoms with E-state index in [1.165, 1.54) is 6.92 Å². The van der Waals surface area contributed by atoms with Crippen LogP contribution in [0.4, 0.5) is 0 Å². The van der Waals surface area contributed by atoms with E-state index in [2.05, 4.69) is 0 Å². The van der Waals surface area contributed by atoms with Crippen LogP contribution in [0.5, 0.6) is 0 Å². The first-order valence-corrected chi connectivity index (χ1v) is 6.45. The van der Waals surface area contributed by atoms with Crippen molar-refractivity contribution in [3.05, 3.63) is 0 Å². The molecule has 0 atom stereocenters. The van der Waals surface area contributed by atoms with Gasteiger partial charge in [0.05, 0.1) is 11.5 Å². The van der Waals surface area contributed by atoms with E-state index in [1.54, 1.807) is 0 Å². The van der Waals surface area contributed by atoms with Crippen molar-refractivity contribution in [2.24, 2.45) is 0 Å². The van der Waals surface area contributed by atoms with Gasteiger partial charge >= 0.3 is 0 Å². The fourth-order valence-electron chi connectivity index (χ4n) is 0.428. The smallest absolute Gasteiger partial charge is 0.266 e. The van der Waals surface area contributed by atoms with Crippen molar-refractivity contribution in [2.75, 3.05) is 18.1 Å². The number of sulfonamides is 1. The normalized spacial score (nSPS) is 13.2. The Labute approximate surface area is 71.8 Å². The lowest BCUT2D eigenvalue weighted by atomic mass is 10.8. The van der Waals surface area contributed by atoms with Crippen LogP contribution in [0.2, 0.25) is 0 Å². The van der Waals surface area contributed by atoms with Gasteiger partial charge in [-0.3, -0.25) is 4.55 Å². The summed E-state index contributed by atoms with van der Waals surface area (Å²) >= 11 is 0. The molecule has 0 aromatic heterocycles. The van der Waals surface area contributed by atoms with Crippen LogP contribution in [0.25, 0.3) is 0 Å². The molecule has 0 aromatic carbocycles. The number of nitrogens with one attached hydrogen (secondary N) is 1. The van der Waals surface area contributed by atoms with Gasteiger partial charge in [0.1, 0.15) is 0 Å². The highest BCUT2D eigenvalue weighted by Gasteiger charge is 2.08. The van der Waals surface area contributed by atoms with E-state index < -0.39 is 25.9 Å². The Morgan fingerprint density at radius 3 is 2.08 bits per heavy atom. The molecule has 0 saturated heterocycles. The molecule has 2 N–H and O–H groups in total. The first kappa shape index (κ1) is 11.8. The molecule has 0 aromatic rings. The Kier molecular flexibility index (Phi) is 4.11. The van der Waals surface area contributed by atoms with Crippen LogP contribution in [0.3, 0.4) is 0 Å². The molecule has 0 heterocycles. The van der Waals surface area contributed by atoms with Crippen molar-refractivity contribution in [3.8, 4) is 0 Å². The van der Waals surface area contributed by atoms with Crippen LogP contribution in [0.15, 0.2) is 0 Å². The van der Waals surface area contributed by atoms with E-state index in [4.69, 9.17) is 4.55 Å². The highest BCUT2D eigenvalue weighted by molar-refractivity contribution is 7.89. The lowest BCUT2D eigenvalue weighted by molar-refractivity contribution is 0.482. The predicted octanol–water partition coefficient (Wildman–Crippen LogP) is -1.19. The van der Waals surface area contributed by atoms with Gasteiger partial charge < -0.3 is 0 Å². The summed E-state index contributed by atoms with van der Waals surface area (Å²) in [6.45, 7) is 1.13. The van der Waals surface area contributed by atoms with Gasteiger partial charge in [0.25, 0.3) is 10.1 Å². The molecule has 0 aliphatic carbocycles. The maximum atomic E-state index is 10.7. The second-order valence-corrected chi connectivity index (χ2v) is 5.75. The molecule has 74 valence electrons. The Hall–Kier alpha value is -0.180. The third-order valence-corrected chi connectivity index (χ3v) is 3.19. The Bertz CT molecular complexity index is 315. The number of hydrogen-bond acceptors (Lipinski definition) is 4. The maximum absolute atomic E-state index is 10.7. The molecule has 6 nitrogen and oxygen atoms in total. The minimum atomic E-state index is -4.08. The number of rotatable bonds is 5. The Morgan fingerprint density at radius 2 is 1.75 bits per heavy atom. The van der Waals surface area contributed by atoms with Crippen molar-refractivity contribution in [2.45, 2.75) is 6.92 Å². The zero-order valence-electron chi connectivity index (χ0n) is 6.52. The monoisotopic (exact) mass is 217 g/mol. The molecule has 0 aliphatic rings. The van der Waals surface area contributed by atoms with Crippen molar-refractivity contribution in [1.29, 1.82) is 0 Å². The van der Waals surface area contributed by atoms with Crippen molar-refractivity contribution in [3.63, 3.8) is 0 Å². The molecule has 0 unspecified atom stereocenters. The fraction of sp³-hybridized carbons (Fsp3) is 1.00. The van der Waals surface area contributed by atoms with Gasteiger partial charge in [-0.05, 0) is 6.92 Å². The van der Waals surface area contributed by atoms with E-state index in [0.717, 1.165) is 0 Å². The molecule has 0 amide bonds.